The minimum absolute atomic E-state index is 0.261. The number of aliphatic hydroxyl groups is 2. The second-order valence-electron chi connectivity index (χ2n) is 2.91. The maximum Gasteiger partial charge on any atom is 0.0991 e. The average molecular weight is 192 g/mol. The van der Waals surface area contributed by atoms with Gasteiger partial charge in [-0.15, -0.1) is 0 Å². The van der Waals surface area contributed by atoms with Crippen LogP contribution in [0.2, 0.25) is 0 Å². The summed E-state index contributed by atoms with van der Waals surface area (Å²) in [7, 11) is 0. The number of benzene rings is 1. The summed E-state index contributed by atoms with van der Waals surface area (Å²) in [5, 5.41) is 29.1. The van der Waals surface area contributed by atoms with Gasteiger partial charge in [0, 0.05) is 12.2 Å². The van der Waals surface area contributed by atoms with Gasteiger partial charge in [-0.05, 0) is 24.3 Å². The summed E-state index contributed by atoms with van der Waals surface area (Å²) in [4.78, 5) is 0. The van der Waals surface area contributed by atoms with Crippen LogP contribution in [0.15, 0.2) is 24.3 Å². The van der Waals surface area contributed by atoms with E-state index in [4.69, 9.17) is 15.5 Å². The molecule has 0 aliphatic carbocycles. The fraction of sp³-hybridized carbons (Fsp3) is 0.300. The molecule has 3 N–H and O–H groups in total. The van der Waals surface area contributed by atoms with Crippen LogP contribution in [0, 0.1) is 11.3 Å². The van der Waals surface area contributed by atoms with E-state index in [1.54, 1.807) is 24.3 Å². The maximum absolute atomic E-state index is 9.06. The molecule has 1 rings (SSSR count). The van der Waals surface area contributed by atoms with Gasteiger partial charge in [-0.3, -0.25) is 0 Å². The first kappa shape index (κ1) is 10.5. The summed E-state index contributed by atoms with van der Waals surface area (Å²) in [6.45, 7) is 0.0334. The number of hydrogen-bond acceptors (Lipinski definition) is 4. The van der Waals surface area contributed by atoms with Crippen molar-refractivity contribution in [1.82, 2.24) is 0 Å². The van der Waals surface area contributed by atoms with E-state index >= 15 is 0 Å². The molecule has 1 aromatic rings. The Morgan fingerprint density at radius 1 is 1.36 bits per heavy atom. The molecule has 0 aliphatic heterocycles. The molecule has 1 unspecified atom stereocenters. The van der Waals surface area contributed by atoms with Crippen molar-refractivity contribution in [3.8, 4) is 6.07 Å². The molecule has 4 heteroatoms. The summed E-state index contributed by atoms with van der Waals surface area (Å²) < 4.78 is 0. The predicted octanol–water partition coefficient (Wildman–Crippen LogP) is 0.323. The van der Waals surface area contributed by atoms with E-state index < -0.39 is 6.10 Å². The average Bonchev–Trinajstić information content (AvgIpc) is 2.26. The van der Waals surface area contributed by atoms with Crippen LogP contribution in [-0.2, 0) is 0 Å². The Kier molecular flexibility index (Phi) is 3.92. The monoisotopic (exact) mass is 192 g/mol. The van der Waals surface area contributed by atoms with Crippen molar-refractivity contribution in [3.63, 3.8) is 0 Å². The van der Waals surface area contributed by atoms with Crippen LogP contribution in [0.25, 0.3) is 0 Å². The van der Waals surface area contributed by atoms with Crippen LogP contribution in [0.1, 0.15) is 5.56 Å². The molecule has 74 valence electrons. The smallest absolute Gasteiger partial charge is 0.0991 e. The SMILES string of the molecule is N#Cc1ccc(NCC(O)CO)cc1. The molecule has 0 radical (unpaired) electrons. The first-order valence-electron chi connectivity index (χ1n) is 4.29. The lowest BCUT2D eigenvalue weighted by atomic mass is 10.2. The van der Waals surface area contributed by atoms with Gasteiger partial charge in [-0.1, -0.05) is 0 Å². The van der Waals surface area contributed by atoms with Gasteiger partial charge in [0.1, 0.15) is 0 Å². The Labute approximate surface area is 82.4 Å². The Morgan fingerprint density at radius 2 is 2.00 bits per heavy atom. The second kappa shape index (κ2) is 5.22. The van der Waals surface area contributed by atoms with Crippen molar-refractivity contribution in [2.24, 2.45) is 0 Å². The molecule has 0 heterocycles. The van der Waals surface area contributed by atoms with Crippen LogP contribution in [0.4, 0.5) is 5.69 Å². The van der Waals surface area contributed by atoms with Gasteiger partial charge in [0.15, 0.2) is 0 Å². The number of aliphatic hydroxyl groups excluding tert-OH is 2. The van der Waals surface area contributed by atoms with Gasteiger partial charge in [0.25, 0.3) is 0 Å². The molecule has 0 aliphatic rings. The zero-order chi connectivity index (χ0) is 10.4. The van der Waals surface area contributed by atoms with Gasteiger partial charge >= 0.3 is 0 Å². The van der Waals surface area contributed by atoms with Crippen LogP contribution in [0.3, 0.4) is 0 Å². The van der Waals surface area contributed by atoms with Crippen molar-refractivity contribution in [2.45, 2.75) is 6.10 Å². The molecule has 1 atom stereocenters. The zero-order valence-corrected chi connectivity index (χ0v) is 7.64. The highest BCUT2D eigenvalue weighted by atomic mass is 16.3. The van der Waals surface area contributed by atoms with E-state index in [-0.39, 0.29) is 6.61 Å². The number of nitrogens with zero attached hydrogens (tertiary/aromatic N) is 1. The number of hydrogen-bond donors (Lipinski definition) is 3. The van der Waals surface area contributed by atoms with Gasteiger partial charge in [-0.2, -0.15) is 5.26 Å². The summed E-state index contributed by atoms with van der Waals surface area (Å²) in [5.74, 6) is 0. The maximum atomic E-state index is 9.06. The van der Waals surface area contributed by atoms with Crippen molar-refractivity contribution < 1.29 is 10.2 Å². The third kappa shape index (κ3) is 3.05. The first-order valence-corrected chi connectivity index (χ1v) is 4.29. The highest BCUT2D eigenvalue weighted by Crippen LogP contribution is 2.08. The third-order valence-corrected chi connectivity index (χ3v) is 1.77. The summed E-state index contributed by atoms with van der Waals surface area (Å²) >= 11 is 0. The van der Waals surface area contributed by atoms with Crippen molar-refractivity contribution in [3.05, 3.63) is 29.8 Å². The van der Waals surface area contributed by atoms with E-state index in [2.05, 4.69) is 5.32 Å². The van der Waals surface area contributed by atoms with Crippen LogP contribution >= 0.6 is 0 Å². The number of rotatable bonds is 4. The van der Waals surface area contributed by atoms with Crippen molar-refractivity contribution in [2.75, 3.05) is 18.5 Å². The lowest BCUT2D eigenvalue weighted by Gasteiger charge is -2.09. The molecule has 0 aromatic heterocycles. The molecule has 0 spiro atoms. The number of nitrogens with one attached hydrogen (secondary N) is 1. The fourth-order valence-corrected chi connectivity index (χ4v) is 0.963. The normalized spacial score (nSPS) is 11.8. The number of anilines is 1. The van der Waals surface area contributed by atoms with Gasteiger partial charge in [0.05, 0.1) is 24.3 Å². The third-order valence-electron chi connectivity index (χ3n) is 1.77. The van der Waals surface area contributed by atoms with E-state index in [1.165, 1.54) is 0 Å². The molecular formula is C10H12N2O2. The molecule has 0 saturated heterocycles. The molecule has 0 amide bonds. The second-order valence-corrected chi connectivity index (χ2v) is 2.91. The summed E-state index contributed by atoms with van der Waals surface area (Å²) in [6.07, 6.45) is -0.759. The Hall–Kier alpha value is -1.57. The Morgan fingerprint density at radius 3 is 2.50 bits per heavy atom. The van der Waals surface area contributed by atoms with Crippen LogP contribution < -0.4 is 5.32 Å². The van der Waals surface area contributed by atoms with Crippen LogP contribution in [0.5, 0.6) is 0 Å². The van der Waals surface area contributed by atoms with Crippen molar-refractivity contribution >= 4 is 5.69 Å². The Balaban J connectivity index is 2.49. The lowest BCUT2D eigenvalue weighted by molar-refractivity contribution is 0.105. The molecule has 0 fully saturated rings. The lowest BCUT2D eigenvalue weighted by Crippen LogP contribution is -2.22. The van der Waals surface area contributed by atoms with E-state index in [9.17, 15) is 0 Å². The molecule has 0 saturated carbocycles. The van der Waals surface area contributed by atoms with Crippen LogP contribution in [-0.4, -0.2) is 29.5 Å². The van der Waals surface area contributed by atoms with Gasteiger partial charge in [0.2, 0.25) is 0 Å². The minimum Gasteiger partial charge on any atom is -0.394 e. The van der Waals surface area contributed by atoms with E-state index in [1.807, 2.05) is 6.07 Å². The molecule has 14 heavy (non-hydrogen) atoms. The first-order chi connectivity index (χ1) is 6.76. The molecule has 1 aromatic carbocycles. The largest absolute Gasteiger partial charge is 0.394 e. The fourth-order valence-electron chi connectivity index (χ4n) is 0.963. The highest BCUT2D eigenvalue weighted by molar-refractivity contribution is 5.47. The van der Waals surface area contributed by atoms with Gasteiger partial charge < -0.3 is 15.5 Å². The van der Waals surface area contributed by atoms with Crippen molar-refractivity contribution in [1.29, 1.82) is 5.26 Å². The molecular weight excluding hydrogens is 180 g/mol. The van der Waals surface area contributed by atoms with E-state index in [0.717, 1.165) is 5.69 Å². The molecule has 0 bridgehead atoms. The summed E-state index contributed by atoms with van der Waals surface area (Å²) in [6, 6.07) is 8.89. The van der Waals surface area contributed by atoms with E-state index in [0.29, 0.717) is 12.1 Å². The minimum atomic E-state index is -0.759. The zero-order valence-electron chi connectivity index (χ0n) is 7.64. The topological polar surface area (TPSA) is 76.3 Å². The standard InChI is InChI=1S/C10H12N2O2/c11-5-8-1-3-9(4-2-8)12-6-10(14)7-13/h1-4,10,12-14H,6-7H2. The molecule has 4 nitrogen and oxygen atoms in total. The summed E-state index contributed by atoms with van der Waals surface area (Å²) in [5.41, 5.74) is 1.41. The number of nitriles is 1. The predicted molar refractivity (Wildman–Crippen MR) is 52.7 cm³/mol. The quantitative estimate of drug-likeness (QED) is 0.642. The van der Waals surface area contributed by atoms with Gasteiger partial charge in [-0.25, -0.2) is 0 Å². The Bertz CT molecular complexity index is 316. The highest BCUT2D eigenvalue weighted by Gasteiger charge is 2.00.